The predicted octanol–water partition coefficient (Wildman–Crippen LogP) is 2.87. The van der Waals surface area contributed by atoms with Gasteiger partial charge in [-0.25, -0.2) is 4.79 Å². The van der Waals surface area contributed by atoms with Crippen molar-refractivity contribution in [1.29, 1.82) is 0 Å². The fourth-order valence-corrected chi connectivity index (χ4v) is 1.77. The molecule has 0 aromatic heterocycles. The summed E-state index contributed by atoms with van der Waals surface area (Å²) in [4.78, 5) is 11.6. The first-order valence-corrected chi connectivity index (χ1v) is 6.33. The number of carbonyl (C=O) groups is 1. The number of urea groups is 1. The molecule has 2 atom stereocenters. The van der Waals surface area contributed by atoms with E-state index in [1.54, 1.807) is 31.2 Å². The average Bonchev–Trinajstić information content (AvgIpc) is 2.29. The highest BCUT2D eigenvalue weighted by atomic mass is 35.5. The summed E-state index contributed by atoms with van der Waals surface area (Å²) in [6, 6.07) is 6.65. The number of benzene rings is 1. The molecule has 0 heterocycles. The monoisotopic (exact) mass is 270 g/mol. The van der Waals surface area contributed by atoms with E-state index in [1.807, 2.05) is 6.92 Å². The summed E-state index contributed by atoms with van der Waals surface area (Å²) in [6.45, 7) is 4.25. The van der Waals surface area contributed by atoms with Crippen molar-refractivity contribution < 1.29 is 9.90 Å². The number of amides is 2. The van der Waals surface area contributed by atoms with Gasteiger partial charge in [0.1, 0.15) is 0 Å². The second-order valence-electron chi connectivity index (χ2n) is 4.53. The van der Waals surface area contributed by atoms with E-state index in [1.165, 1.54) is 0 Å². The summed E-state index contributed by atoms with van der Waals surface area (Å²) in [6.07, 6.45) is 0.322. The lowest BCUT2D eigenvalue weighted by Gasteiger charge is -2.14. The number of rotatable bonds is 5. The molecule has 2 amide bonds. The minimum absolute atomic E-state index is 0.237. The number of nitrogens with one attached hydrogen (secondary N) is 2. The SMILES string of the molecule is CC(O)CC(C)CNC(=O)Nc1ccc(Cl)cc1. The van der Waals surface area contributed by atoms with Crippen molar-refractivity contribution in [2.45, 2.75) is 26.4 Å². The molecule has 1 aromatic carbocycles. The fraction of sp³-hybridized carbons (Fsp3) is 0.462. The van der Waals surface area contributed by atoms with Gasteiger partial charge in [0.15, 0.2) is 0 Å². The van der Waals surface area contributed by atoms with Crippen molar-refractivity contribution in [2.75, 3.05) is 11.9 Å². The molecule has 0 aliphatic rings. The Hall–Kier alpha value is -1.26. The normalized spacial score (nSPS) is 13.8. The van der Waals surface area contributed by atoms with Gasteiger partial charge in [0.25, 0.3) is 0 Å². The number of hydrogen-bond acceptors (Lipinski definition) is 2. The molecule has 0 aliphatic heterocycles. The number of halogens is 1. The average molecular weight is 271 g/mol. The molecule has 0 radical (unpaired) electrons. The molecule has 1 rings (SSSR count). The van der Waals surface area contributed by atoms with E-state index < -0.39 is 0 Å². The molecule has 0 saturated carbocycles. The van der Waals surface area contributed by atoms with Crippen molar-refractivity contribution in [1.82, 2.24) is 5.32 Å². The zero-order chi connectivity index (χ0) is 13.5. The first kappa shape index (κ1) is 14.8. The minimum atomic E-state index is -0.346. The van der Waals surface area contributed by atoms with Crippen LogP contribution in [-0.4, -0.2) is 23.8 Å². The van der Waals surface area contributed by atoms with E-state index in [0.29, 0.717) is 23.7 Å². The van der Waals surface area contributed by atoms with Crippen molar-refractivity contribution >= 4 is 23.3 Å². The number of aliphatic hydroxyl groups excluding tert-OH is 1. The molecule has 5 heteroatoms. The number of anilines is 1. The summed E-state index contributed by atoms with van der Waals surface area (Å²) >= 11 is 5.75. The van der Waals surface area contributed by atoms with Crippen molar-refractivity contribution in [3.63, 3.8) is 0 Å². The van der Waals surface area contributed by atoms with Crippen molar-refractivity contribution in [3.8, 4) is 0 Å². The Morgan fingerprint density at radius 1 is 1.33 bits per heavy atom. The lowest BCUT2D eigenvalue weighted by molar-refractivity contribution is 0.163. The molecule has 2 unspecified atom stereocenters. The zero-order valence-electron chi connectivity index (χ0n) is 10.6. The van der Waals surface area contributed by atoms with Gasteiger partial charge in [0, 0.05) is 17.3 Å². The van der Waals surface area contributed by atoms with E-state index in [0.717, 1.165) is 0 Å². The van der Waals surface area contributed by atoms with E-state index in [4.69, 9.17) is 11.6 Å². The van der Waals surface area contributed by atoms with Gasteiger partial charge in [-0.15, -0.1) is 0 Å². The standard InChI is InChI=1S/C13H19ClN2O2/c1-9(7-10(2)17)8-15-13(18)16-12-5-3-11(14)4-6-12/h3-6,9-10,17H,7-8H2,1-2H3,(H2,15,16,18). The van der Waals surface area contributed by atoms with Crippen LogP contribution in [0.15, 0.2) is 24.3 Å². The highest BCUT2D eigenvalue weighted by Crippen LogP contribution is 2.13. The second kappa shape index (κ2) is 7.24. The lowest BCUT2D eigenvalue weighted by atomic mass is 10.1. The lowest BCUT2D eigenvalue weighted by Crippen LogP contribution is -2.33. The molecular formula is C13H19ClN2O2. The van der Waals surface area contributed by atoms with Crippen molar-refractivity contribution in [2.24, 2.45) is 5.92 Å². The molecule has 4 nitrogen and oxygen atoms in total. The highest BCUT2D eigenvalue weighted by molar-refractivity contribution is 6.30. The molecule has 100 valence electrons. The van der Waals surface area contributed by atoms with E-state index >= 15 is 0 Å². The van der Waals surface area contributed by atoms with Gasteiger partial charge in [0.2, 0.25) is 0 Å². The smallest absolute Gasteiger partial charge is 0.319 e. The summed E-state index contributed by atoms with van der Waals surface area (Å²) in [5.74, 6) is 0.237. The van der Waals surface area contributed by atoms with Gasteiger partial charge in [-0.05, 0) is 43.5 Å². The third-order valence-electron chi connectivity index (χ3n) is 2.46. The van der Waals surface area contributed by atoms with Gasteiger partial charge in [0.05, 0.1) is 6.10 Å². The summed E-state index contributed by atoms with van der Waals surface area (Å²) in [7, 11) is 0. The Morgan fingerprint density at radius 2 is 1.94 bits per heavy atom. The summed E-state index contributed by atoms with van der Waals surface area (Å²) < 4.78 is 0. The maximum atomic E-state index is 11.6. The van der Waals surface area contributed by atoms with Gasteiger partial charge in [-0.3, -0.25) is 0 Å². The summed E-state index contributed by atoms with van der Waals surface area (Å²) in [5, 5.41) is 15.3. The van der Waals surface area contributed by atoms with Crippen LogP contribution in [0.2, 0.25) is 5.02 Å². The maximum absolute atomic E-state index is 11.6. The van der Waals surface area contributed by atoms with Gasteiger partial charge >= 0.3 is 6.03 Å². The Morgan fingerprint density at radius 3 is 2.50 bits per heavy atom. The van der Waals surface area contributed by atoms with E-state index in [-0.39, 0.29) is 18.1 Å². The summed E-state index contributed by atoms with van der Waals surface area (Å²) in [5.41, 5.74) is 0.695. The van der Waals surface area contributed by atoms with Crippen molar-refractivity contribution in [3.05, 3.63) is 29.3 Å². The second-order valence-corrected chi connectivity index (χ2v) is 4.97. The van der Waals surface area contributed by atoms with Gasteiger partial charge < -0.3 is 15.7 Å². The van der Waals surface area contributed by atoms with Crippen LogP contribution in [0.3, 0.4) is 0 Å². The molecule has 1 aromatic rings. The molecule has 3 N–H and O–H groups in total. The highest BCUT2D eigenvalue weighted by Gasteiger charge is 2.08. The van der Waals surface area contributed by atoms with Crippen LogP contribution in [0.4, 0.5) is 10.5 Å². The van der Waals surface area contributed by atoms with E-state index in [2.05, 4.69) is 10.6 Å². The Kier molecular flexibility index (Phi) is 5.95. The molecule has 0 aliphatic carbocycles. The first-order chi connectivity index (χ1) is 8.47. The Bertz CT molecular complexity index is 379. The number of carbonyl (C=O) groups excluding carboxylic acids is 1. The van der Waals surface area contributed by atoms with Crippen LogP contribution >= 0.6 is 11.6 Å². The van der Waals surface area contributed by atoms with Crippen LogP contribution in [0, 0.1) is 5.92 Å². The van der Waals surface area contributed by atoms with Crippen LogP contribution in [-0.2, 0) is 0 Å². The van der Waals surface area contributed by atoms with Crippen LogP contribution in [0.1, 0.15) is 20.3 Å². The van der Waals surface area contributed by atoms with Crippen LogP contribution in [0.25, 0.3) is 0 Å². The predicted molar refractivity (Wildman–Crippen MR) is 73.9 cm³/mol. The largest absolute Gasteiger partial charge is 0.393 e. The van der Waals surface area contributed by atoms with E-state index in [9.17, 15) is 9.90 Å². The maximum Gasteiger partial charge on any atom is 0.319 e. The topological polar surface area (TPSA) is 61.4 Å². The molecule has 0 bridgehead atoms. The Balaban J connectivity index is 2.31. The van der Waals surface area contributed by atoms with Crippen LogP contribution in [0.5, 0.6) is 0 Å². The molecular weight excluding hydrogens is 252 g/mol. The first-order valence-electron chi connectivity index (χ1n) is 5.96. The third-order valence-corrected chi connectivity index (χ3v) is 2.71. The molecule has 18 heavy (non-hydrogen) atoms. The van der Waals surface area contributed by atoms with Gasteiger partial charge in [-0.1, -0.05) is 18.5 Å². The molecule has 0 fully saturated rings. The molecule has 0 saturated heterocycles. The van der Waals surface area contributed by atoms with Crippen LogP contribution < -0.4 is 10.6 Å². The minimum Gasteiger partial charge on any atom is -0.393 e. The fourth-order valence-electron chi connectivity index (χ4n) is 1.64. The number of hydrogen-bond donors (Lipinski definition) is 3. The zero-order valence-corrected chi connectivity index (χ0v) is 11.4. The quantitative estimate of drug-likeness (QED) is 0.770. The third kappa shape index (κ3) is 5.89. The number of aliphatic hydroxyl groups is 1. The molecule has 0 spiro atoms. The Labute approximate surface area is 112 Å². The van der Waals surface area contributed by atoms with Gasteiger partial charge in [-0.2, -0.15) is 0 Å².